The van der Waals surface area contributed by atoms with E-state index in [1.54, 1.807) is 11.3 Å². The summed E-state index contributed by atoms with van der Waals surface area (Å²) in [5.41, 5.74) is 1.55. The number of likely N-dealkylation sites (tertiary alicyclic amines) is 1. The van der Waals surface area contributed by atoms with Gasteiger partial charge in [0.05, 0.1) is 6.04 Å². The third kappa shape index (κ3) is 3.05. The summed E-state index contributed by atoms with van der Waals surface area (Å²) in [7, 11) is 0. The predicted molar refractivity (Wildman–Crippen MR) is 106 cm³/mol. The standard InChI is InChI=1S/C21H25N3O2S/c25-20(23-19-22-13-17(27-19)15-7-11-26-12-8-15)24-14-21(9-4-10-21)18(24)16-5-2-1-3-6-16/h1-3,5-6,13,15,18H,4,7-12,14H2,(H,22,23,25). The number of nitrogens with zero attached hydrogens (tertiary/aromatic N) is 2. The van der Waals surface area contributed by atoms with Crippen molar-refractivity contribution in [1.29, 1.82) is 0 Å². The van der Waals surface area contributed by atoms with Crippen LogP contribution in [-0.2, 0) is 4.74 Å². The number of carbonyl (C=O) groups excluding carboxylic acids is 1. The van der Waals surface area contributed by atoms with E-state index in [9.17, 15) is 4.79 Å². The van der Waals surface area contributed by atoms with E-state index < -0.39 is 0 Å². The van der Waals surface area contributed by atoms with Crippen LogP contribution >= 0.6 is 11.3 Å². The van der Waals surface area contributed by atoms with Crippen LogP contribution in [0, 0.1) is 5.41 Å². The fourth-order valence-electron chi connectivity index (χ4n) is 4.83. The smallest absolute Gasteiger partial charge is 0.324 e. The van der Waals surface area contributed by atoms with Gasteiger partial charge < -0.3 is 9.64 Å². The van der Waals surface area contributed by atoms with E-state index in [4.69, 9.17) is 4.74 Å². The quantitative estimate of drug-likeness (QED) is 0.829. The van der Waals surface area contributed by atoms with Gasteiger partial charge in [-0.3, -0.25) is 5.32 Å². The number of anilines is 1. The summed E-state index contributed by atoms with van der Waals surface area (Å²) in [6, 6.07) is 10.6. The van der Waals surface area contributed by atoms with Crippen LogP contribution in [-0.4, -0.2) is 35.7 Å². The lowest BCUT2D eigenvalue weighted by atomic mass is 9.56. The molecular weight excluding hydrogens is 358 g/mol. The first-order valence-electron chi connectivity index (χ1n) is 9.91. The maximum atomic E-state index is 13.0. The molecule has 2 saturated heterocycles. The van der Waals surface area contributed by atoms with Crippen molar-refractivity contribution in [3.8, 4) is 0 Å². The molecule has 1 aliphatic carbocycles. The monoisotopic (exact) mass is 383 g/mol. The summed E-state index contributed by atoms with van der Waals surface area (Å²) in [5.74, 6) is 0.515. The highest BCUT2D eigenvalue weighted by Crippen LogP contribution is 2.60. The number of hydrogen-bond donors (Lipinski definition) is 1. The number of thiazole rings is 1. The van der Waals surface area contributed by atoms with Gasteiger partial charge in [-0.25, -0.2) is 9.78 Å². The van der Waals surface area contributed by atoms with Crippen LogP contribution in [0.2, 0.25) is 0 Å². The van der Waals surface area contributed by atoms with Crippen LogP contribution in [0.5, 0.6) is 0 Å². The maximum Gasteiger partial charge on any atom is 0.324 e. The van der Waals surface area contributed by atoms with Gasteiger partial charge in [0, 0.05) is 36.2 Å². The van der Waals surface area contributed by atoms with Crippen molar-refractivity contribution in [2.24, 2.45) is 5.41 Å². The normalized spacial score (nSPS) is 24.3. The average molecular weight is 384 g/mol. The van der Waals surface area contributed by atoms with E-state index in [2.05, 4.69) is 34.6 Å². The highest BCUT2D eigenvalue weighted by Gasteiger charge is 2.58. The Bertz CT molecular complexity index is 812. The summed E-state index contributed by atoms with van der Waals surface area (Å²) >= 11 is 1.61. The average Bonchev–Trinajstić information content (AvgIpc) is 3.10. The first-order valence-corrected chi connectivity index (χ1v) is 10.7. The van der Waals surface area contributed by atoms with Crippen molar-refractivity contribution < 1.29 is 9.53 Å². The van der Waals surface area contributed by atoms with Gasteiger partial charge >= 0.3 is 6.03 Å². The predicted octanol–water partition coefficient (Wildman–Crippen LogP) is 4.80. The Morgan fingerprint density at radius 2 is 2.00 bits per heavy atom. The van der Waals surface area contributed by atoms with E-state index in [1.807, 2.05) is 17.2 Å². The zero-order valence-corrected chi connectivity index (χ0v) is 16.2. The molecule has 3 heterocycles. The number of rotatable bonds is 3. The number of amides is 2. The minimum atomic E-state index is -0.0192. The highest BCUT2D eigenvalue weighted by atomic mass is 32.1. The van der Waals surface area contributed by atoms with Crippen LogP contribution in [0.3, 0.4) is 0 Å². The zero-order chi connectivity index (χ0) is 18.3. The van der Waals surface area contributed by atoms with Crippen molar-refractivity contribution in [3.63, 3.8) is 0 Å². The minimum absolute atomic E-state index is 0.0192. The summed E-state index contributed by atoms with van der Waals surface area (Å²) in [5, 5.41) is 3.76. The Hall–Kier alpha value is -1.92. The van der Waals surface area contributed by atoms with E-state index in [1.165, 1.54) is 29.7 Å². The lowest BCUT2D eigenvalue weighted by Crippen LogP contribution is -2.64. The Balaban J connectivity index is 1.29. The molecule has 1 aromatic carbocycles. The molecule has 1 N–H and O–H groups in total. The van der Waals surface area contributed by atoms with Crippen LogP contribution in [0.25, 0.3) is 0 Å². The van der Waals surface area contributed by atoms with Gasteiger partial charge in [0.15, 0.2) is 5.13 Å². The molecule has 5 rings (SSSR count). The zero-order valence-electron chi connectivity index (χ0n) is 15.4. The lowest BCUT2D eigenvalue weighted by Gasteiger charge is -2.62. The SMILES string of the molecule is O=C(Nc1ncc(C2CCOCC2)s1)N1CC2(CCC2)C1c1ccccc1. The Labute approximate surface area is 163 Å². The van der Waals surface area contributed by atoms with Gasteiger partial charge in [-0.1, -0.05) is 36.8 Å². The molecule has 1 atom stereocenters. The molecule has 6 heteroatoms. The van der Waals surface area contributed by atoms with Crippen LogP contribution in [0.1, 0.15) is 54.5 Å². The highest BCUT2D eigenvalue weighted by molar-refractivity contribution is 7.15. The maximum absolute atomic E-state index is 13.0. The molecule has 1 unspecified atom stereocenters. The molecule has 1 spiro atoms. The molecule has 1 aromatic heterocycles. The third-order valence-electron chi connectivity index (χ3n) is 6.46. The number of benzene rings is 1. The fourth-order valence-corrected chi connectivity index (χ4v) is 5.81. The van der Waals surface area contributed by atoms with E-state index in [-0.39, 0.29) is 12.1 Å². The number of hydrogen-bond acceptors (Lipinski definition) is 4. The molecule has 5 nitrogen and oxygen atoms in total. The van der Waals surface area contributed by atoms with E-state index in [0.717, 1.165) is 32.6 Å². The Kier molecular flexibility index (Phi) is 4.40. The number of carbonyl (C=O) groups is 1. The summed E-state index contributed by atoms with van der Waals surface area (Å²) < 4.78 is 5.44. The minimum Gasteiger partial charge on any atom is -0.381 e. The molecule has 2 aromatic rings. The molecule has 2 aliphatic heterocycles. The van der Waals surface area contributed by atoms with Gasteiger partial charge in [-0.15, -0.1) is 11.3 Å². The van der Waals surface area contributed by atoms with Gasteiger partial charge in [0.2, 0.25) is 0 Å². The second-order valence-corrected chi connectivity index (χ2v) is 9.10. The summed E-state index contributed by atoms with van der Waals surface area (Å²) in [6.07, 6.45) is 7.73. The van der Waals surface area contributed by atoms with Crippen LogP contribution in [0.15, 0.2) is 36.5 Å². The van der Waals surface area contributed by atoms with Crippen molar-refractivity contribution in [3.05, 3.63) is 47.0 Å². The molecule has 3 fully saturated rings. The van der Waals surface area contributed by atoms with Gasteiger partial charge in [-0.2, -0.15) is 0 Å². The van der Waals surface area contributed by atoms with Crippen molar-refractivity contribution in [2.75, 3.05) is 25.1 Å². The number of nitrogens with one attached hydrogen (secondary N) is 1. The van der Waals surface area contributed by atoms with E-state index >= 15 is 0 Å². The molecule has 27 heavy (non-hydrogen) atoms. The third-order valence-corrected chi connectivity index (χ3v) is 7.54. The number of ether oxygens (including phenoxy) is 1. The first kappa shape index (κ1) is 17.2. The Morgan fingerprint density at radius 1 is 1.22 bits per heavy atom. The van der Waals surface area contributed by atoms with Gasteiger partial charge in [-0.05, 0) is 37.2 Å². The topological polar surface area (TPSA) is 54.5 Å². The first-order chi connectivity index (χ1) is 13.3. The van der Waals surface area contributed by atoms with E-state index in [0.29, 0.717) is 16.5 Å². The molecule has 2 amide bonds. The van der Waals surface area contributed by atoms with Crippen LogP contribution < -0.4 is 5.32 Å². The Morgan fingerprint density at radius 3 is 2.70 bits per heavy atom. The second kappa shape index (κ2) is 6.91. The molecule has 0 radical (unpaired) electrons. The summed E-state index contributed by atoms with van der Waals surface area (Å²) in [4.78, 5) is 20.7. The molecule has 1 saturated carbocycles. The second-order valence-electron chi connectivity index (χ2n) is 8.04. The lowest BCUT2D eigenvalue weighted by molar-refractivity contribution is -0.0970. The largest absolute Gasteiger partial charge is 0.381 e. The van der Waals surface area contributed by atoms with Crippen molar-refractivity contribution in [1.82, 2.24) is 9.88 Å². The van der Waals surface area contributed by atoms with Crippen molar-refractivity contribution >= 4 is 22.5 Å². The van der Waals surface area contributed by atoms with Crippen LogP contribution in [0.4, 0.5) is 9.93 Å². The number of aromatic nitrogens is 1. The molecule has 3 aliphatic rings. The molecule has 142 valence electrons. The number of urea groups is 1. The van der Waals surface area contributed by atoms with Gasteiger partial charge in [0.1, 0.15) is 0 Å². The fraction of sp³-hybridized carbons (Fsp3) is 0.524. The molecular formula is C21H25N3O2S. The van der Waals surface area contributed by atoms with Crippen molar-refractivity contribution in [2.45, 2.75) is 44.1 Å². The summed E-state index contributed by atoms with van der Waals surface area (Å²) in [6.45, 7) is 2.49. The van der Waals surface area contributed by atoms with Gasteiger partial charge in [0.25, 0.3) is 0 Å². The molecule has 0 bridgehead atoms.